The van der Waals surface area contributed by atoms with Crippen molar-refractivity contribution in [2.45, 2.75) is 30.0 Å². The summed E-state index contributed by atoms with van der Waals surface area (Å²) < 4.78 is 129. The first-order valence-corrected chi connectivity index (χ1v) is 5.17. The molecular weight excluding hydrogens is 323 g/mol. The smallest absolute Gasteiger partial charge is 0.265 e. The molecule has 3 nitrogen and oxygen atoms in total. The first-order chi connectivity index (χ1) is 8.25. The van der Waals surface area contributed by atoms with Gasteiger partial charge in [0.15, 0.2) is 6.10 Å². The summed E-state index contributed by atoms with van der Waals surface area (Å²) in [5.74, 6) is -19.8. The zero-order valence-electron chi connectivity index (χ0n) is 8.32. The lowest BCUT2D eigenvalue weighted by atomic mass is 9.99. The second-order valence-electron chi connectivity index (χ2n) is 3.34. The van der Waals surface area contributed by atoms with Crippen LogP contribution >= 0.6 is 0 Å². The van der Waals surface area contributed by atoms with Crippen molar-refractivity contribution in [1.29, 1.82) is 0 Å². The Hall–Kier alpha value is -0.560. The van der Waals surface area contributed by atoms with Crippen molar-refractivity contribution < 1.29 is 52.1 Å². The minimum atomic E-state index is -7.00. The molecule has 0 spiro atoms. The maximum Gasteiger partial charge on any atom is 0.460 e. The number of hydrogen-bond donors (Lipinski definition) is 0. The normalized spacial score (nSPS) is 26.8. The predicted molar refractivity (Wildman–Crippen MR) is 39.9 cm³/mol. The van der Waals surface area contributed by atoms with Gasteiger partial charge in [0, 0.05) is 0 Å². The Morgan fingerprint density at radius 1 is 0.895 bits per heavy atom. The zero-order valence-corrected chi connectivity index (χ0v) is 9.14. The lowest BCUT2D eigenvalue weighted by Crippen LogP contribution is -2.64. The van der Waals surface area contributed by atoms with Crippen LogP contribution in [-0.4, -0.2) is 40.9 Å². The van der Waals surface area contributed by atoms with Crippen molar-refractivity contribution in [3.05, 3.63) is 0 Å². The lowest BCUT2D eigenvalue weighted by molar-refractivity contribution is -0.403. The summed E-state index contributed by atoms with van der Waals surface area (Å²) in [5, 5.41) is 0. The molecule has 0 amide bonds. The molecule has 2 unspecified atom stereocenters. The summed E-state index contributed by atoms with van der Waals surface area (Å²) in [5.41, 5.74) is 0. The maximum absolute atomic E-state index is 13.0. The molecule has 0 aromatic rings. The van der Waals surface area contributed by atoms with Gasteiger partial charge in [-0.3, -0.25) is 8.37 Å². The van der Waals surface area contributed by atoms with Gasteiger partial charge >= 0.3 is 35.3 Å². The molecule has 0 aromatic heterocycles. The molecule has 0 bridgehead atoms. The highest BCUT2D eigenvalue weighted by atomic mass is 32.2. The molecule has 0 N–H and O–H groups in total. The highest BCUT2D eigenvalue weighted by Crippen LogP contribution is 2.54. The molecular formula is C6H3F9O3S. The Bertz CT molecular complexity index is 379. The molecule has 2 atom stereocenters. The number of halogens is 9. The predicted octanol–water partition coefficient (Wildman–Crippen LogP) is 2.45. The molecule has 0 aliphatic carbocycles. The van der Waals surface area contributed by atoms with Crippen LogP contribution in [0.4, 0.5) is 39.5 Å². The van der Waals surface area contributed by atoms with Gasteiger partial charge in [-0.2, -0.15) is 43.7 Å². The number of hydrogen-bond acceptors (Lipinski definition) is 3. The van der Waals surface area contributed by atoms with Gasteiger partial charge in [0.05, 0.1) is 0 Å². The highest BCUT2D eigenvalue weighted by molar-refractivity contribution is 7.75. The second-order valence-corrected chi connectivity index (χ2v) is 4.18. The molecule has 1 rings (SSSR count). The Morgan fingerprint density at radius 2 is 1.37 bits per heavy atom. The fourth-order valence-electron chi connectivity index (χ4n) is 1.02. The summed E-state index contributed by atoms with van der Waals surface area (Å²) >= 11 is -2.92. The first-order valence-electron chi connectivity index (χ1n) is 4.17. The van der Waals surface area contributed by atoms with Crippen molar-refractivity contribution in [1.82, 2.24) is 0 Å². The summed E-state index contributed by atoms with van der Waals surface area (Å²) in [4.78, 5) is 0. The van der Waals surface area contributed by atoms with E-state index in [1.54, 1.807) is 0 Å². The Kier molecular flexibility index (Phi) is 3.89. The molecule has 0 saturated carbocycles. The van der Waals surface area contributed by atoms with Gasteiger partial charge in [0.2, 0.25) is 0 Å². The SMILES string of the molecule is O=S1OCC(C(F)(F)C(F)(F)C(F)(F)C(F)(F)F)O1. The van der Waals surface area contributed by atoms with E-state index in [4.69, 9.17) is 0 Å². The fourth-order valence-corrected chi connectivity index (χ4v) is 1.68. The van der Waals surface area contributed by atoms with Crippen LogP contribution in [0.5, 0.6) is 0 Å². The Balaban J connectivity index is 3.14. The van der Waals surface area contributed by atoms with Gasteiger partial charge in [0.1, 0.15) is 6.61 Å². The topological polar surface area (TPSA) is 35.5 Å². The van der Waals surface area contributed by atoms with E-state index in [0.717, 1.165) is 0 Å². The van der Waals surface area contributed by atoms with Crippen molar-refractivity contribution >= 4 is 11.4 Å². The Morgan fingerprint density at radius 3 is 1.68 bits per heavy atom. The van der Waals surface area contributed by atoms with Crippen molar-refractivity contribution in [3.63, 3.8) is 0 Å². The van der Waals surface area contributed by atoms with Crippen molar-refractivity contribution in [2.24, 2.45) is 0 Å². The fraction of sp³-hybridized carbons (Fsp3) is 1.00. The third kappa shape index (κ3) is 2.42. The van der Waals surface area contributed by atoms with E-state index < -0.39 is 48.0 Å². The van der Waals surface area contributed by atoms with Gasteiger partial charge in [-0.25, -0.2) is 0 Å². The van der Waals surface area contributed by atoms with Crippen LogP contribution in [0.2, 0.25) is 0 Å². The number of rotatable bonds is 3. The summed E-state index contributed by atoms with van der Waals surface area (Å²) in [6, 6.07) is 0. The van der Waals surface area contributed by atoms with Crippen LogP contribution in [0.15, 0.2) is 0 Å². The largest absolute Gasteiger partial charge is 0.460 e. The second kappa shape index (κ2) is 4.48. The average molecular weight is 326 g/mol. The molecule has 114 valence electrons. The molecule has 13 heteroatoms. The van der Waals surface area contributed by atoms with Crippen LogP contribution < -0.4 is 0 Å². The van der Waals surface area contributed by atoms with E-state index in [1.807, 2.05) is 0 Å². The van der Waals surface area contributed by atoms with E-state index in [0.29, 0.717) is 0 Å². The molecule has 19 heavy (non-hydrogen) atoms. The highest BCUT2D eigenvalue weighted by Gasteiger charge is 2.83. The molecule has 1 aliphatic rings. The van der Waals surface area contributed by atoms with Crippen LogP contribution in [0.3, 0.4) is 0 Å². The molecule has 1 saturated heterocycles. The quantitative estimate of drug-likeness (QED) is 0.748. The summed E-state index contributed by atoms with van der Waals surface area (Å²) in [7, 11) is 0. The Labute approximate surface area is 101 Å². The van der Waals surface area contributed by atoms with E-state index in [2.05, 4.69) is 8.37 Å². The van der Waals surface area contributed by atoms with Crippen molar-refractivity contribution in [2.75, 3.05) is 6.61 Å². The monoisotopic (exact) mass is 326 g/mol. The van der Waals surface area contributed by atoms with E-state index >= 15 is 0 Å². The minimum absolute atomic E-state index is 1.52. The molecule has 0 aromatic carbocycles. The van der Waals surface area contributed by atoms with E-state index in [9.17, 15) is 43.7 Å². The molecule has 0 radical (unpaired) electrons. The van der Waals surface area contributed by atoms with Crippen LogP contribution in [0.1, 0.15) is 0 Å². The standard InChI is InChI=1S/C6H3F9O3S/c7-3(8,2-1-17-19(16)18-2)4(9,10)5(11,12)6(13,14)15/h2H,1H2. The van der Waals surface area contributed by atoms with Crippen LogP contribution in [0, 0.1) is 0 Å². The molecule has 1 fully saturated rings. The van der Waals surface area contributed by atoms with Gasteiger partial charge in [-0.15, -0.1) is 0 Å². The van der Waals surface area contributed by atoms with E-state index in [-0.39, 0.29) is 0 Å². The van der Waals surface area contributed by atoms with Crippen LogP contribution in [0.25, 0.3) is 0 Å². The third-order valence-electron chi connectivity index (χ3n) is 2.08. The van der Waals surface area contributed by atoms with Crippen LogP contribution in [-0.2, 0) is 19.7 Å². The third-order valence-corrected chi connectivity index (χ3v) is 2.80. The maximum atomic E-state index is 13.0. The minimum Gasteiger partial charge on any atom is -0.265 e. The van der Waals surface area contributed by atoms with Gasteiger partial charge < -0.3 is 0 Å². The first kappa shape index (κ1) is 16.5. The summed E-state index contributed by atoms with van der Waals surface area (Å²) in [6.07, 6.45) is -10.1. The zero-order chi connectivity index (χ0) is 15.3. The summed E-state index contributed by atoms with van der Waals surface area (Å²) in [6.45, 7) is -1.52. The lowest BCUT2D eigenvalue weighted by Gasteiger charge is -2.34. The van der Waals surface area contributed by atoms with Crippen molar-refractivity contribution in [3.8, 4) is 0 Å². The average Bonchev–Trinajstić information content (AvgIpc) is 2.63. The van der Waals surface area contributed by atoms with Gasteiger partial charge in [0.25, 0.3) is 0 Å². The van der Waals surface area contributed by atoms with E-state index in [1.165, 1.54) is 0 Å². The number of alkyl halides is 9. The molecule has 1 heterocycles. The molecule has 1 aliphatic heterocycles. The van der Waals surface area contributed by atoms with Gasteiger partial charge in [-0.05, 0) is 0 Å². The van der Waals surface area contributed by atoms with Gasteiger partial charge in [-0.1, -0.05) is 0 Å².